The highest BCUT2D eigenvalue weighted by atomic mass is 32.2. The Morgan fingerprint density at radius 3 is 2.50 bits per heavy atom. The standard InChI is InChI=1S/C12H17NO2S/c1-16-9-4-2-8(3-5-9)15-11-7-6-10(13)12(11)14/h2-5,10-12,14H,6-7,13H2,1H3. The van der Waals surface area contributed by atoms with Gasteiger partial charge in [0.25, 0.3) is 0 Å². The molecule has 1 fully saturated rings. The zero-order valence-electron chi connectivity index (χ0n) is 9.30. The van der Waals surface area contributed by atoms with Gasteiger partial charge in [-0.1, -0.05) is 0 Å². The molecule has 3 nitrogen and oxygen atoms in total. The Morgan fingerprint density at radius 2 is 2.00 bits per heavy atom. The molecule has 1 aromatic carbocycles. The predicted molar refractivity (Wildman–Crippen MR) is 65.9 cm³/mol. The normalized spacial score (nSPS) is 29.3. The van der Waals surface area contributed by atoms with Gasteiger partial charge < -0.3 is 15.6 Å². The summed E-state index contributed by atoms with van der Waals surface area (Å²) in [5.74, 6) is 0.802. The summed E-state index contributed by atoms with van der Waals surface area (Å²) in [6.07, 6.45) is 2.99. The molecule has 0 aromatic heterocycles. The van der Waals surface area contributed by atoms with E-state index >= 15 is 0 Å². The van der Waals surface area contributed by atoms with Gasteiger partial charge in [0.05, 0.1) is 0 Å². The summed E-state index contributed by atoms with van der Waals surface area (Å²) < 4.78 is 5.72. The van der Waals surface area contributed by atoms with E-state index in [1.165, 1.54) is 4.90 Å². The maximum Gasteiger partial charge on any atom is 0.126 e. The van der Waals surface area contributed by atoms with Crippen LogP contribution in [0.25, 0.3) is 0 Å². The number of hydrogen-bond donors (Lipinski definition) is 2. The predicted octanol–water partition coefficient (Wildman–Crippen LogP) is 1.64. The third-order valence-corrected chi connectivity index (χ3v) is 3.69. The van der Waals surface area contributed by atoms with Crippen molar-refractivity contribution in [3.8, 4) is 5.75 Å². The Labute approximate surface area is 100.0 Å². The van der Waals surface area contributed by atoms with E-state index in [0.29, 0.717) is 0 Å². The van der Waals surface area contributed by atoms with E-state index in [1.54, 1.807) is 11.8 Å². The van der Waals surface area contributed by atoms with Crippen LogP contribution in [0.5, 0.6) is 5.75 Å². The first-order valence-corrected chi connectivity index (χ1v) is 6.67. The second kappa shape index (κ2) is 5.08. The monoisotopic (exact) mass is 239 g/mol. The van der Waals surface area contributed by atoms with E-state index in [1.807, 2.05) is 30.5 Å². The molecular weight excluding hydrogens is 222 g/mol. The second-order valence-electron chi connectivity index (χ2n) is 4.06. The number of nitrogens with two attached hydrogens (primary N) is 1. The summed E-state index contributed by atoms with van der Waals surface area (Å²) in [4.78, 5) is 1.20. The van der Waals surface area contributed by atoms with E-state index in [9.17, 15) is 5.11 Å². The van der Waals surface area contributed by atoms with Gasteiger partial charge in [-0.25, -0.2) is 0 Å². The van der Waals surface area contributed by atoms with Gasteiger partial charge in [0.15, 0.2) is 0 Å². The van der Waals surface area contributed by atoms with Gasteiger partial charge in [0, 0.05) is 10.9 Å². The molecule has 0 bridgehead atoms. The van der Waals surface area contributed by atoms with Crippen LogP contribution in [0.15, 0.2) is 29.2 Å². The summed E-state index contributed by atoms with van der Waals surface area (Å²) in [6.45, 7) is 0. The van der Waals surface area contributed by atoms with E-state index in [0.717, 1.165) is 18.6 Å². The van der Waals surface area contributed by atoms with Crippen LogP contribution < -0.4 is 10.5 Å². The van der Waals surface area contributed by atoms with Crippen molar-refractivity contribution in [2.45, 2.75) is 36.0 Å². The summed E-state index contributed by atoms with van der Waals surface area (Å²) in [5.41, 5.74) is 5.73. The first-order valence-electron chi connectivity index (χ1n) is 5.45. The molecule has 3 unspecified atom stereocenters. The molecule has 2 rings (SSSR count). The SMILES string of the molecule is CSc1ccc(OC2CCC(N)C2O)cc1. The summed E-state index contributed by atoms with van der Waals surface area (Å²) >= 11 is 1.70. The highest BCUT2D eigenvalue weighted by Gasteiger charge is 2.33. The van der Waals surface area contributed by atoms with Gasteiger partial charge >= 0.3 is 0 Å². The number of hydrogen-bond acceptors (Lipinski definition) is 4. The van der Waals surface area contributed by atoms with Crippen LogP contribution in [0, 0.1) is 0 Å². The Bertz CT molecular complexity index is 341. The van der Waals surface area contributed by atoms with Crippen LogP contribution in [0.1, 0.15) is 12.8 Å². The number of benzene rings is 1. The highest BCUT2D eigenvalue weighted by Crippen LogP contribution is 2.25. The average Bonchev–Trinajstić information content (AvgIpc) is 2.62. The molecule has 1 aliphatic rings. The smallest absolute Gasteiger partial charge is 0.126 e. The molecular formula is C12H17NO2S. The molecule has 0 heterocycles. The summed E-state index contributed by atoms with van der Waals surface area (Å²) in [6, 6.07) is 7.75. The Hall–Kier alpha value is -0.710. The van der Waals surface area contributed by atoms with Crippen LogP contribution in [0.3, 0.4) is 0 Å². The van der Waals surface area contributed by atoms with Gasteiger partial charge in [-0.2, -0.15) is 0 Å². The quantitative estimate of drug-likeness (QED) is 0.787. The average molecular weight is 239 g/mol. The maximum absolute atomic E-state index is 9.77. The molecule has 0 amide bonds. The number of aliphatic hydroxyl groups excluding tert-OH is 1. The first kappa shape index (κ1) is 11.8. The fourth-order valence-electron chi connectivity index (χ4n) is 1.93. The largest absolute Gasteiger partial charge is 0.488 e. The molecule has 3 atom stereocenters. The number of rotatable bonds is 3. The van der Waals surface area contributed by atoms with Crippen LogP contribution in [-0.2, 0) is 0 Å². The maximum atomic E-state index is 9.77. The molecule has 0 radical (unpaired) electrons. The van der Waals surface area contributed by atoms with Crippen molar-refractivity contribution in [1.82, 2.24) is 0 Å². The molecule has 88 valence electrons. The molecule has 3 N–H and O–H groups in total. The minimum atomic E-state index is -0.541. The Morgan fingerprint density at radius 1 is 1.31 bits per heavy atom. The van der Waals surface area contributed by atoms with E-state index in [4.69, 9.17) is 10.5 Å². The van der Waals surface area contributed by atoms with Crippen molar-refractivity contribution in [2.24, 2.45) is 5.73 Å². The molecule has 0 aliphatic heterocycles. The zero-order valence-corrected chi connectivity index (χ0v) is 10.1. The van der Waals surface area contributed by atoms with Crippen molar-refractivity contribution in [1.29, 1.82) is 0 Å². The molecule has 0 spiro atoms. The lowest BCUT2D eigenvalue weighted by molar-refractivity contribution is 0.0521. The molecule has 1 aromatic rings. The lowest BCUT2D eigenvalue weighted by Crippen LogP contribution is -2.37. The van der Waals surface area contributed by atoms with Crippen molar-refractivity contribution < 1.29 is 9.84 Å². The number of ether oxygens (including phenoxy) is 1. The van der Waals surface area contributed by atoms with Crippen LogP contribution >= 0.6 is 11.8 Å². The number of aliphatic hydroxyl groups is 1. The van der Waals surface area contributed by atoms with Gasteiger partial charge in [0.2, 0.25) is 0 Å². The molecule has 0 saturated heterocycles. The minimum Gasteiger partial charge on any atom is -0.488 e. The zero-order chi connectivity index (χ0) is 11.5. The van der Waals surface area contributed by atoms with Gasteiger partial charge in [-0.3, -0.25) is 0 Å². The molecule has 1 saturated carbocycles. The van der Waals surface area contributed by atoms with E-state index < -0.39 is 6.10 Å². The van der Waals surface area contributed by atoms with Crippen molar-refractivity contribution in [2.75, 3.05) is 6.26 Å². The Kier molecular flexibility index (Phi) is 3.74. The highest BCUT2D eigenvalue weighted by molar-refractivity contribution is 7.98. The minimum absolute atomic E-state index is 0.143. The van der Waals surface area contributed by atoms with Gasteiger partial charge in [0.1, 0.15) is 18.0 Å². The number of thioether (sulfide) groups is 1. The fraction of sp³-hybridized carbons (Fsp3) is 0.500. The van der Waals surface area contributed by atoms with Crippen molar-refractivity contribution in [3.63, 3.8) is 0 Å². The third-order valence-electron chi connectivity index (χ3n) is 2.95. The first-order chi connectivity index (χ1) is 7.70. The molecule has 1 aliphatic carbocycles. The second-order valence-corrected chi connectivity index (χ2v) is 4.94. The van der Waals surface area contributed by atoms with Crippen molar-refractivity contribution >= 4 is 11.8 Å². The topological polar surface area (TPSA) is 55.5 Å². The lowest BCUT2D eigenvalue weighted by atomic mass is 10.2. The summed E-state index contributed by atoms with van der Waals surface area (Å²) in [5, 5.41) is 9.77. The van der Waals surface area contributed by atoms with Crippen LogP contribution in [0.4, 0.5) is 0 Å². The van der Waals surface area contributed by atoms with Crippen molar-refractivity contribution in [3.05, 3.63) is 24.3 Å². The fourth-order valence-corrected chi connectivity index (χ4v) is 2.34. The van der Waals surface area contributed by atoms with Gasteiger partial charge in [-0.05, 0) is 43.4 Å². The third kappa shape index (κ3) is 2.51. The molecule has 4 heteroatoms. The van der Waals surface area contributed by atoms with Gasteiger partial charge in [-0.15, -0.1) is 11.8 Å². The lowest BCUT2D eigenvalue weighted by Gasteiger charge is -2.18. The summed E-state index contributed by atoms with van der Waals surface area (Å²) in [7, 11) is 0. The van der Waals surface area contributed by atoms with E-state index in [-0.39, 0.29) is 12.1 Å². The molecule has 16 heavy (non-hydrogen) atoms. The van der Waals surface area contributed by atoms with E-state index in [2.05, 4.69) is 0 Å². The Balaban J connectivity index is 1.98. The van der Waals surface area contributed by atoms with Crippen LogP contribution in [0.2, 0.25) is 0 Å². The van der Waals surface area contributed by atoms with Crippen LogP contribution in [-0.4, -0.2) is 29.6 Å².